The molecule has 0 aliphatic rings. The number of rotatable bonds is 7. The Morgan fingerprint density at radius 1 is 1.33 bits per heavy atom. The Balaban J connectivity index is 0.00000289. The van der Waals surface area contributed by atoms with Gasteiger partial charge in [-0.3, -0.25) is 4.79 Å². The highest BCUT2D eigenvalue weighted by molar-refractivity contribution is 7.99. The highest BCUT2D eigenvalue weighted by Gasteiger charge is 2.00. The van der Waals surface area contributed by atoms with E-state index < -0.39 is 0 Å². The first-order chi connectivity index (χ1) is 8.22. The van der Waals surface area contributed by atoms with Gasteiger partial charge in [0.25, 0.3) is 0 Å². The fourth-order valence-electron chi connectivity index (χ4n) is 1.25. The Kier molecular flexibility index (Phi) is 10.3. The molecule has 1 amide bonds. The summed E-state index contributed by atoms with van der Waals surface area (Å²) in [4.78, 5) is 12.4. The Morgan fingerprint density at radius 3 is 2.61 bits per heavy atom. The average Bonchev–Trinajstić information content (AvgIpc) is 2.34. The molecule has 0 aromatic heterocycles. The third-order valence-electron chi connectivity index (χ3n) is 2.10. The Morgan fingerprint density at radius 2 is 2.00 bits per heavy atom. The van der Waals surface area contributed by atoms with E-state index in [1.165, 1.54) is 4.90 Å². The van der Waals surface area contributed by atoms with Gasteiger partial charge in [0, 0.05) is 29.4 Å². The quantitative estimate of drug-likeness (QED) is 0.601. The van der Waals surface area contributed by atoms with E-state index in [0.717, 1.165) is 17.2 Å². The molecular formula is C12H18Cl2N2OS. The van der Waals surface area contributed by atoms with Gasteiger partial charge >= 0.3 is 0 Å². The molecule has 3 nitrogen and oxygen atoms in total. The average molecular weight is 309 g/mol. The van der Waals surface area contributed by atoms with Crippen molar-refractivity contribution < 1.29 is 4.79 Å². The summed E-state index contributed by atoms with van der Waals surface area (Å²) in [7, 11) is 0. The van der Waals surface area contributed by atoms with Crippen LogP contribution in [0.1, 0.15) is 12.8 Å². The van der Waals surface area contributed by atoms with Gasteiger partial charge in [0.1, 0.15) is 0 Å². The van der Waals surface area contributed by atoms with Gasteiger partial charge in [-0.25, -0.2) is 0 Å². The smallest absolute Gasteiger partial charge is 0.220 e. The number of nitrogens with two attached hydrogens (primary N) is 1. The molecule has 0 saturated carbocycles. The largest absolute Gasteiger partial charge is 0.355 e. The van der Waals surface area contributed by atoms with E-state index in [1.807, 2.05) is 24.3 Å². The van der Waals surface area contributed by atoms with Gasteiger partial charge in [-0.05, 0) is 36.4 Å². The van der Waals surface area contributed by atoms with Crippen LogP contribution < -0.4 is 11.1 Å². The van der Waals surface area contributed by atoms with E-state index in [-0.39, 0.29) is 18.3 Å². The molecule has 0 radical (unpaired) electrons. The second-order valence-corrected chi connectivity index (χ2v) is 5.15. The molecule has 6 heteroatoms. The first-order valence-electron chi connectivity index (χ1n) is 5.57. The summed E-state index contributed by atoms with van der Waals surface area (Å²) < 4.78 is 0. The molecule has 0 aliphatic heterocycles. The van der Waals surface area contributed by atoms with E-state index in [0.29, 0.717) is 19.5 Å². The summed E-state index contributed by atoms with van der Waals surface area (Å²) in [5.41, 5.74) is 5.29. The summed E-state index contributed by atoms with van der Waals surface area (Å²) in [6.07, 6.45) is 1.42. The fourth-order valence-corrected chi connectivity index (χ4v) is 2.23. The number of nitrogens with one attached hydrogen (secondary N) is 1. The number of thioether (sulfide) groups is 1. The molecule has 1 rings (SSSR count). The molecule has 0 spiro atoms. The number of hydrogen-bond acceptors (Lipinski definition) is 3. The Labute approximate surface area is 123 Å². The monoisotopic (exact) mass is 308 g/mol. The SMILES string of the molecule is Cl.NCCNC(=O)CCCSc1ccc(Cl)cc1. The Bertz CT molecular complexity index is 346. The van der Waals surface area contributed by atoms with E-state index in [1.54, 1.807) is 11.8 Å². The summed E-state index contributed by atoms with van der Waals surface area (Å²) in [5, 5.41) is 3.49. The van der Waals surface area contributed by atoms with Crippen molar-refractivity contribution in [2.45, 2.75) is 17.7 Å². The third kappa shape index (κ3) is 7.82. The van der Waals surface area contributed by atoms with Crippen molar-refractivity contribution in [1.29, 1.82) is 0 Å². The molecular weight excluding hydrogens is 291 g/mol. The van der Waals surface area contributed by atoms with Crippen LogP contribution in [0.2, 0.25) is 5.02 Å². The van der Waals surface area contributed by atoms with Gasteiger partial charge in [-0.2, -0.15) is 0 Å². The maximum absolute atomic E-state index is 11.3. The predicted octanol–water partition coefficient (Wildman–Crippen LogP) is 2.71. The molecule has 1 aromatic rings. The molecule has 0 aliphatic carbocycles. The highest BCUT2D eigenvalue weighted by Crippen LogP contribution is 2.21. The zero-order valence-corrected chi connectivity index (χ0v) is 12.4. The molecule has 18 heavy (non-hydrogen) atoms. The molecule has 1 aromatic carbocycles. The number of benzene rings is 1. The van der Waals surface area contributed by atoms with Crippen LogP contribution in [-0.2, 0) is 4.79 Å². The second-order valence-electron chi connectivity index (χ2n) is 3.54. The maximum atomic E-state index is 11.3. The molecule has 3 N–H and O–H groups in total. The van der Waals surface area contributed by atoms with Crippen molar-refractivity contribution in [2.24, 2.45) is 5.73 Å². The molecule has 0 unspecified atom stereocenters. The van der Waals surface area contributed by atoms with Gasteiger partial charge in [0.2, 0.25) is 5.91 Å². The van der Waals surface area contributed by atoms with E-state index in [2.05, 4.69) is 5.32 Å². The number of halogens is 2. The van der Waals surface area contributed by atoms with E-state index in [9.17, 15) is 4.79 Å². The summed E-state index contributed by atoms with van der Waals surface area (Å²) in [6.45, 7) is 1.05. The van der Waals surface area contributed by atoms with Crippen LogP contribution >= 0.6 is 35.8 Å². The minimum Gasteiger partial charge on any atom is -0.355 e. The van der Waals surface area contributed by atoms with Gasteiger partial charge in [-0.1, -0.05) is 11.6 Å². The van der Waals surface area contributed by atoms with Crippen LogP contribution in [0, 0.1) is 0 Å². The number of hydrogen-bond donors (Lipinski definition) is 2. The van der Waals surface area contributed by atoms with Crippen LogP contribution in [0.15, 0.2) is 29.2 Å². The number of carbonyl (C=O) groups excluding carboxylic acids is 1. The van der Waals surface area contributed by atoms with Crippen LogP contribution in [0.25, 0.3) is 0 Å². The predicted molar refractivity (Wildman–Crippen MR) is 80.7 cm³/mol. The van der Waals surface area contributed by atoms with E-state index in [4.69, 9.17) is 17.3 Å². The molecule has 0 heterocycles. The minimum absolute atomic E-state index is 0. The third-order valence-corrected chi connectivity index (χ3v) is 3.45. The molecule has 0 atom stereocenters. The molecule has 0 bridgehead atoms. The van der Waals surface area contributed by atoms with Gasteiger partial charge in [0.15, 0.2) is 0 Å². The number of amides is 1. The maximum Gasteiger partial charge on any atom is 0.220 e. The minimum atomic E-state index is 0. The van der Waals surface area contributed by atoms with Gasteiger partial charge < -0.3 is 11.1 Å². The first-order valence-corrected chi connectivity index (χ1v) is 6.94. The van der Waals surface area contributed by atoms with Crippen LogP contribution in [0.5, 0.6) is 0 Å². The van der Waals surface area contributed by atoms with Gasteiger partial charge in [-0.15, -0.1) is 24.2 Å². The molecule has 102 valence electrons. The molecule has 0 fully saturated rings. The fraction of sp³-hybridized carbons (Fsp3) is 0.417. The highest BCUT2D eigenvalue weighted by atomic mass is 35.5. The van der Waals surface area contributed by atoms with Crippen LogP contribution in [0.3, 0.4) is 0 Å². The second kappa shape index (κ2) is 10.5. The van der Waals surface area contributed by atoms with E-state index >= 15 is 0 Å². The summed E-state index contributed by atoms with van der Waals surface area (Å²) in [5.74, 6) is 1.00. The van der Waals surface area contributed by atoms with Crippen molar-refractivity contribution in [3.05, 3.63) is 29.3 Å². The van der Waals surface area contributed by atoms with Crippen molar-refractivity contribution in [1.82, 2.24) is 5.32 Å². The topological polar surface area (TPSA) is 55.1 Å². The van der Waals surface area contributed by atoms with Crippen LogP contribution in [0.4, 0.5) is 0 Å². The summed E-state index contributed by atoms with van der Waals surface area (Å²) in [6, 6.07) is 7.72. The zero-order chi connectivity index (χ0) is 12.5. The first kappa shape index (κ1) is 17.6. The summed E-state index contributed by atoms with van der Waals surface area (Å²) >= 11 is 7.52. The lowest BCUT2D eigenvalue weighted by atomic mass is 10.3. The normalized spacial score (nSPS) is 9.67. The van der Waals surface area contributed by atoms with Crippen LogP contribution in [-0.4, -0.2) is 24.7 Å². The lowest BCUT2D eigenvalue weighted by molar-refractivity contribution is -0.121. The number of carbonyl (C=O) groups is 1. The lowest BCUT2D eigenvalue weighted by Gasteiger charge is -2.03. The van der Waals surface area contributed by atoms with Crippen molar-refractivity contribution in [3.63, 3.8) is 0 Å². The van der Waals surface area contributed by atoms with Crippen molar-refractivity contribution in [3.8, 4) is 0 Å². The molecule has 0 saturated heterocycles. The Hall–Kier alpha value is -0.420. The standard InChI is InChI=1S/C12H17ClN2OS.ClH/c13-10-3-5-11(6-4-10)17-9-1-2-12(16)15-8-7-14;/h3-6H,1-2,7-9,14H2,(H,15,16);1H. The zero-order valence-electron chi connectivity index (χ0n) is 10.0. The van der Waals surface area contributed by atoms with Crippen molar-refractivity contribution >= 4 is 41.7 Å². The van der Waals surface area contributed by atoms with Crippen molar-refractivity contribution in [2.75, 3.05) is 18.8 Å². The lowest BCUT2D eigenvalue weighted by Crippen LogP contribution is -2.28. The van der Waals surface area contributed by atoms with Gasteiger partial charge in [0.05, 0.1) is 0 Å².